The van der Waals surface area contributed by atoms with Crippen LogP contribution in [0.25, 0.3) is 0 Å². The zero-order chi connectivity index (χ0) is 40.5. The molecule has 0 saturated carbocycles. The molecule has 0 amide bonds. The van der Waals surface area contributed by atoms with Gasteiger partial charge in [-0.05, 0) is 57.8 Å². The molecule has 0 atom stereocenters. The van der Waals surface area contributed by atoms with Crippen molar-refractivity contribution in [3.05, 3.63) is 0 Å². The zero-order valence-electron chi connectivity index (χ0n) is 36.7. The Labute approximate surface area is 330 Å². The maximum absolute atomic E-state index is 6.20. The van der Waals surface area contributed by atoms with Gasteiger partial charge in [0.1, 0.15) is 0 Å². The van der Waals surface area contributed by atoms with E-state index >= 15 is 0 Å². The van der Waals surface area contributed by atoms with Crippen LogP contribution in [0.3, 0.4) is 0 Å². The molecular formula is C42H82N4O8. The van der Waals surface area contributed by atoms with Crippen LogP contribution < -0.4 is 0 Å². The second-order valence-electron chi connectivity index (χ2n) is 15.2. The van der Waals surface area contributed by atoms with E-state index in [2.05, 4.69) is 103 Å². The van der Waals surface area contributed by atoms with E-state index < -0.39 is 5.41 Å². The monoisotopic (exact) mass is 771 g/mol. The maximum atomic E-state index is 6.20. The molecule has 0 aliphatic heterocycles. The predicted octanol–water partition coefficient (Wildman–Crippen LogP) is 6.96. The number of ether oxygens (including phenoxy) is 8. The Morgan fingerprint density at radius 3 is 0.852 bits per heavy atom. The summed E-state index contributed by atoms with van der Waals surface area (Å²) < 4.78 is 48.0. The summed E-state index contributed by atoms with van der Waals surface area (Å²) >= 11 is 0. The summed E-state index contributed by atoms with van der Waals surface area (Å²) in [6.07, 6.45) is 0.882. The van der Waals surface area contributed by atoms with E-state index in [1.165, 1.54) is 5.71 Å². The molecule has 54 heavy (non-hydrogen) atoms. The van der Waals surface area contributed by atoms with Gasteiger partial charge in [-0.3, -0.25) is 20.0 Å². The fraction of sp³-hybridized carbons (Fsp3) is 0.905. The first-order chi connectivity index (χ1) is 25.8. The molecule has 0 N–H and O–H groups in total. The smallest absolute Gasteiger partial charge is 0.0701 e. The second-order valence-corrected chi connectivity index (χ2v) is 15.2. The highest BCUT2D eigenvalue weighted by atomic mass is 16.6. The van der Waals surface area contributed by atoms with E-state index in [4.69, 9.17) is 37.9 Å². The maximum Gasteiger partial charge on any atom is 0.0701 e. The van der Waals surface area contributed by atoms with Crippen LogP contribution in [0.5, 0.6) is 0 Å². The van der Waals surface area contributed by atoms with Crippen LogP contribution in [0.15, 0.2) is 20.0 Å². The summed E-state index contributed by atoms with van der Waals surface area (Å²) in [7, 11) is 0. The highest BCUT2D eigenvalue weighted by Crippen LogP contribution is 2.21. The van der Waals surface area contributed by atoms with Crippen molar-refractivity contribution < 1.29 is 37.9 Å². The molecule has 0 radical (unpaired) electrons. The van der Waals surface area contributed by atoms with Gasteiger partial charge in [0.25, 0.3) is 0 Å². The van der Waals surface area contributed by atoms with Gasteiger partial charge in [0, 0.05) is 36.0 Å². The topological polar surface area (TPSA) is 123 Å². The zero-order valence-corrected chi connectivity index (χ0v) is 36.7. The van der Waals surface area contributed by atoms with Gasteiger partial charge in [-0.1, -0.05) is 55.4 Å². The van der Waals surface area contributed by atoms with E-state index in [0.29, 0.717) is 149 Å². The van der Waals surface area contributed by atoms with Crippen LogP contribution in [0, 0.1) is 29.1 Å². The molecule has 318 valence electrons. The average molecular weight is 771 g/mol. The van der Waals surface area contributed by atoms with Gasteiger partial charge < -0.3 is 37.9 Å². The van der Waals surface area contributed by atoms with Crippen molar-refractivity contribution in [2.24, 2.45) is 49.1 Å². The van der Waals surface area contributed by atoms with E-state index in [9.17, 15) is 0 Å². The molecule has 0 heterocycles. The minimum Gasteiger partial charge on any atom is -0.379 e. The van der Waals surface area contributed by atoms with Crippen molar-refractivity contribution in [3.8, 4) is 0 Å². The van der Waals surface area contributed by atoms with Crippen molar-refractivity contribution in [2.75, 3.05) is 132 Å². The average Bonchev–Trinajstić information content (AvgIpc) is 3.13. The van der Waals surface area contributed by atoms with Crippen LogP contribution in [-0.2, 0) is 37.9 Å². The van der Waals surface area contributed by atoms with Gasteiger partial charge in [-0.25, -0.2) is 0 Å². The van der Waals surface area contributed by atoms with Gasteiger partial charge in [0.15, 0.2) is 0 Å². The Balaban J connectivity index is 5.24. The van der Waals surface area contributed by atoms with Gasteiger partial charge in [0.05, 0.1) is 124 Å². The van der Waals surface area contributed by atoms with Crippen molar-refractivity contribution in [1.29, 1.82) is 0 Å². The fourth-order valence-electron chi connectivity index (χ4n) is 4.30. The molecule has 0 spiro atoms. The Morgan fingerprint density at radius 1 is 0.333 bits per heavy atom. The van der Waals surface area contributed by atoms with Crippen LogP contribution in [0.1, 0.15) is 89.5 Å². The third kappa shape index (κ3) is 30.6. The lowest BCUT2D eigenvalue weighted by atomic mass is 9.92. The first kappa shape index (κ1) is 52.4. The lowest BCUT2D eigenvalue weighted by molar-refractivity contribution is -0.121. The first-order valence-corrected chi connectivity index (χ1v) is 20.5. The predicted molar refractivity (Wildman–Crippen MR) is 225 cm³/mol. The lowest BCUT2D eigenvalue weighted by Crippen LogP contribution is -2.43. The molecule has 0 saturated heterocycles. The Kier molecular flexibility index (Phi) is 33.5. The molecule has 0 aliphatic rings. The number of hydrogen-bond donors (Lipinski definition) is 0. The Hall–Kier alpha value is -1.64. The molecule has 0 unspecified atom stereocenters. The number of nitrogens with zero attached hydrogens (tertiary/aromatic N) is 4. The highest BCUT2D eigenvalue weighted by molar-refractivity contribution is 5.84. The van der Waals surface area contributed by atoms with Crippen LogP contribution in [0.4, 0.5) is 0 Å². The molecule has 0 aliphatic carbocycles. The normalized spacial score (nSPS) is 14.7. The largest absolute Gasteiger partial charge is 0.379 e. The molecule has 0 bridgehead atoms. The van der Waals surface area contributed by atoms with Crippen molar-refractivity contribution >= 4 is 22.8 Å². The summed E-state index contributed by atoms with van der Waals surface area (Å²) in [6, 6.07) is 0. The Morgan fingerprint density at radius 2 is 0.574 bits per heavy atom. The minimum absolute atomic E-state index is 0.378. The van der Waals surface area contributed by atoms with E-state index in [0.717, 1.165) is 30.1 Å². The van der Waals surface area contributed by atoms with Gasteiger partial charge in [-0.15, -0.1) is 0 Å². The molecule has 12 heteroatoms. The lowest BCUT2D eigenvalue weighted by Gasteiger charge is -2.33. The number of rotatable bonds is 37. The molecule has 0 aromatic rings. The summed E-state index contributed by atoms with van der Waals surface area (Å²) in [6.45, 7) is 35.7. The molecule has 0 rings (SSSR count). The Bertz CT molecular complexity index is 921. The minimum atomic E-state index is -0.556. The van der Waals surface area contributed by atoms with Gasteiger partial charge in [-0.2, -0.15) is 0 Å². The third-order valence-corrected chi connectivity index (χ3v) is 9.06. The van der Waals surface area contributed by atoms with Crippen LogP contribution >= 0.6 is 0 Å². The van der Waals surface area contributed by atoms with Crippen LogP contribution in [0.2, 0.25) is 0 Å². The SMILES string of the molecule is CC(=NCCCOCCOCC(COCCOCCN=C(C)C(C)C)(COCCOCCN=C(C)C(C)C)COCCOCCN=C(C)C(C)C)C(C)C. The summed E-state index contributed by atoms with van der Waals surface area (Å²) in [4.78, 5) is 18.3. The van der Waals surface area contributed by atoms with Crippen molar-refractivity contribution in [3.63, 3.8) is 0 Å². The molecule has 0 aromatic heterocycles. The summed E-state index contributed by atoms with van der Waals surface area (Å²) in [5.74, 6) is 1.80. The molecule has 12 nitrogen and oxygen atoms in total. The van der Waals surface area contributed by atoms with Crippen molar-refractivity contribution in [2.45, 2.75) is 89.5 Å². The van der Waals surface area contributed by atoms with Crippen molar-refractivity contribution in [1.82, 2.24) is 0 Å². The molecular weight excluding hydrogens is 688 g/mol. The number of hydrogen-bond acceptors (Lipinski definition) is 12. The highest BCUT2D eigenvalue weighted by Gasteiger charge is 2.32. The molecule has 0 fully saturated rings. The third-order valence-electron chi connectivity index (χ3n) is 9.06. The standard InChI is InChI=1S/C42H82N4O8/c1-34(2)38(9)43-14-13-18-47-22-26-51-30-42(31-52-27-23-48-19-15-44-39(10)35(3)4,32-53-28-24-49-20-16-45-40(11)36(5)6)33-54-29-25-50-21-17-46-41(12)37(7)8/h34-37H,13-33H2,1-12H3. The van der Waals surface area contributed by atoms with Gasteiger partial charge >= 0.3 is 0 Å². The quantitative estimate of drug-likeness (QED) is 0.0491. The molecule has 0 aromatic carbocycles. The second kappa shape index (κ2) is 34.6. The summed E-state index contributed by atoms with van der Waals surface area (Å²) in [5.41, 5.74) is 4.02. The van der Waals surface area contributed by atoms with E-state index in [1.807, 2.05) is 0 Å². The fourth-order valence-corrected chi connectivity index (χ4v) is 4.30. The number of aliphatic imine (C=N–C) groups is 4. The summed E-state index contributed by atoms with van der Waals surface area (Å²) in [5, 5.41) is 0. The van der Waals surface area contributed by atoms with Crippen LogP contribution in [-0.4, -0.2) is 155 Å². The first-order valence-electron chi connectivity index (χ1n) is 20.5. The van der Waals surface area contributed by atoms with E-state index in [1.54, 1.807) is 0 Å². The van der Waals surface area contributed by atoms with Gasteiger partial charge in [0.2, 0.25) is 0 Å². The van der Waals surface area contributed by atoms with E-state index in [-0.39, 0.29) is 0 Å².